The minimum absolute atomic E-state index is 0.0432. The Morgan fingerprint density at radius 1 is 1.29 bits per heavy atom. The van der Waals surface area contributed by atoms with E-state index < -0.39 is 0 Å². The molecule has 0 radical (unpaired) electrons. The van der Waals surface area contributed by atoms with Crippen molar-refractivity contribution in [3.63, 3.8) is 0 Å². The van der Waals surface area contributed by atoms with Gasteiger partial charge in [-0.15, -0.1) is 0 Å². The van der Waals surface area contributed by atoms with E-state index in [0.29, 0.717) is 11.5 Å². The molecule has 88 valence electrons. The molecule has 0 spiro atoms. The minimum Gasteiger partial charge on any atom is -0.455 e. The van der Waals surface area contributed by atoms with Crippen molar-refractivity contribution in [1.82, 2.24) is 4.98 Å². The Labute approximate surface area is 108 Å². The van der Waals surface area contributed by atoms with Gasteiger partial charge in [-0.05, 0) is 35.0 Å². The Bertz CT molecular complexity index is 529. The second kappa shape index (κ2) is 5.29. The number of nitrogens with zero attached hydrogens (tertiary/aromatic N) is 1. The standard InChI is InChI=1S/C13H12BrNO2/c1-9-2-3-13(10(4-9)8-16)17-12-5-11(14)6-15-7-12/h2-7,16H,8H2,1H3. The lowest BCUT2D eigenvalue weighted by Crippen LogP contribution is -1.93. The number of benzene rings is 1. The molecule has 1 heterocycles. The molecule has 0 aliphatic carbocycles. The van der Waals surface area contributed by atoms with E-state index in [4.69, 9.17) is 4.74 Å². The van der Waals surface area contributed by atoms with Crippen LogP contribution in [-0.4, -0.2) is 10.1 Å². The highest BCUT2D eigenvalue weighted by Crippen LogP contribution is 2.27. The van der Waals surface area contributed by atoms with Gasteiger partial charge >= 0.3 is 0 Å². The van der Waals surface area contributed by atoms with E-state index >= 15 is 0 Å². The van der Waals surface area contributed by atoms with Gasteiger partial charge in [-0.1, -0.05) is 17.7 Å². The number of ether oxygens (including phenoxy) is 1. The Morgan fingerprint density at radius 3 is 2.82 bits per heavy atom. The average molecular weight is 294 g/mol. The molecule has 2 aromatic rings. The molecular formula is C13H12BrNO2. The summed E-state index contributed by atoms with van der Waals surface area (Å²) in [6.45, 7) is 1.93. The summed E-state index contributed by atoms with van der Waals surface area (Å²) in [4.78, 5) is 4.02. The molecule has 0 fully saturated rings. The van der Waals surface area contributed by atoms with E-state index in [1.165, 1.54) is 0 Å². The zero-order chi connectivity index (χ0) is 12.3. The smallest absolute Gasteiger partial charge is 0.146 e. The first-order chi connectivity index (χ1) is 8.19. The second-order valence-corrected chi connectivity index (χ2v) is 4.63. The van der Waals surface area contributed by atoms with Crippen molar-refractivity contribution in [3.8, 4) is 11.5 Å². The summed E-state index contributed by atoms with van der Waals surface area (Å²) >= 11 is 3.33. The third-order valence-corrected chi connectivity index (χ3v) is 2.73. The molecule has 1 aromatic heterocycles. The first-order valence-corrected chi connectivity index (χ1v) is 5.97. The fraction of sp³-hybridized carbons (Fsp3) is 0.154. The maximum atomic E-state index is 9.27. The van der Waals surface area contributed by atoms with Gasteiger partial charge in [-0.2, -0.15) is 0 Å². The first kappa shape index (κ1) is 12.1. The van der Waals surface area contributed by atoms with Gasteiger partial charge in [-0.25, -0.2) is 0 Å². The van der Waals surface area contributed by atoms with Crippen molar-refractivity contribution in [2.75, 3.05) is 0 Å². The Morgan fingerprint density at radius 2 is 2.12 bits per heavy atom. The van der Waals surface area contributed by atoms with E-state index in [9.17, 15) is 5.11 Å². The van der Waals surface area contributed by atoms with Crippen molar-refractivity contribution in [2.24, 2.45) is 0 Å². The van der Waals surface area contributed by atoms with Crippen LogP contribution < -0.4 is 4.74 Å². The van der Waals surface area contributed by atoms with Crippen LogP contribution in [0.4, 0.5) is 0 Å². The summed E-state index contributed by atoms with van der Waals surface area (Å²) in [6, 6.07) is 7.52. The predicted octanol–water partition coefficient (Wildman–Crippen LogP) is 3.44. The maximum Gasteiger partial charge on any atom is 0.146 e. The molecule has 1 N–H and O–H groups in total. The van der Waals surface area contributed by atoms with Crippen LogP contribution in [0, 0.1) is 6.92 Å². The van der Waals surface area contributed by atoms with Gasteiger partial charge in [0, 0.05) is 16.2 Å². The van der Waals surface area contributed by atoms with Crippen molar-refractivity contribution in [3.05, 3.63) is 52.3 Å². The molecule has 0 saturated heterocycles. The SMILES string of the molecule is Cc1ccc(Oc2cncc(Br)c2)c(CO)c1. The predicted molar refractivity (Wildman–Crippen MR) is 69.1 cm³/mol. The largest absolute Gasteiger partial charge is 0.455 e. The van der Waals surface area contributed by atoms with Crippen LogP contribution in [0.15, 0.2) is 41.1 Å². The van der Waals surface area contributed by atoms with E-state index in [1.54, 1.807) is 12.4 Å². The van der Waals surface area contributed by atoms with Crippen LogP contribution in [0.2, 0.25) is 0 Å². The maximum absolute atomic E-state index is 9.27. The summed E-state index contributed by atoms with van der Waals surface area (Å²) in [7, 11) is 0. The molecule has 0 aliphatic heterocycles. The molecule has 0 bridgehead atoms. The normalized spacial score (nSPS) is 10.3. The molecule has 0 atom stereocenters. The van der Waals surface area contributed by atoms with E-state index in [1.807, 2.05) is 31.2 Å². The lowest BCUT2D eigenvalue weighted by molar-refractivity contribution is 0.276. The van der Waals surface area contributed by atoms with Crippen LogP contribution in [0.25, 0.3) is 0 Å². The quantitative estimate of drug-likeness (QED) is 0.943. The lowest BCUT2D eigenvalue weighted by atomic mass is 10.1. The number of hydrogen-bond acceptors (Lipinski definition) is 3. The Balaban J connectivity index is 2.29. The molecule has 0 unspecified atom stereocenters. The molecule has 3 nitrogen and oxygen atoms in total. The van der Waals surface area contributed by atoms with E-state index in [0.717, 1.165) is 15.6 Å². The first-order valence-electron chi connectivity index (χ1n) is 5.18. The number of aromatic nitrogens is 1. The highest BCUT2D eigenvalue weighted by molar-refractivity contribution is 9.10. The zero-order valence-corrected chi connectivity index (χ0v) is 10.9. The van der Waals surface area contributed by atoms with Crippen LogP contribution in [0.1, 0.15) is 11.1 Å². The Hall–Kier alpha value is -1.39. The van der Waals surface area contributed by atoms with Gasteiger partial charge in [-0.3, -0.25) is 4.98 Å². The molecular weight excluding hydrogens is 282 g/mol. The van der Waals surface area contributed by atoms with Gasteiger partial charge in [0.1, 0.15) is 11.5 Å². The average Bonchev–Trinajstić information content (AvgIpc) is 2.31. The highest BCUT2D eigenvalue weighted by atomic mass is 79.9. The number of pyridine rings is 1. The van der Waals surface area contributed by atoms with Gasteiger partial charge in [0.15, 0.2) is 0 Å². The van der Waals surface area contributed by atoms with Crippen molar-refractivity contribution >= 4 is 15.9 Å². The summed E-state index contributed by atoms with van der Waals surface area (Å²) < 4.78 is 6.54. The monoisotopic (exact) mass is 293 g/mol. The lowest BCUT2D eigenvalue weighted by Gasteiger charge is -2.10. The van der Waals surface area contributed by atoms with Gasteiger partial charge in [0.05, 0.1) is 12.8 Å². The molecule has 4 heteroatoms. The molecule has 0 saturated carbocycles. The summed E-state index contributed by atoms with van der Waals surface area (Å²) in [6.07, 6.45) is 3.32. The number of aryl methyl sites for hydroxylation is 1. The summed E-state index contributed by atoms with van der Waals surface area (Å²) in [5.74, 6) is 1.29. The van der Waals surface area contributed by atoms with E-state index in [2.05, 4.69) is 20.9 Å². The van der Waals surface area contributed by atoms with Crippen LogP contribution >= 0.6 is 15.9 Å². The number of rotatable bonds is 3. The van der Waals surface area contributed by atoms with Crippen LogP contribution in [0.3, 0.4) is 0 Å². The van der Waals surface area contributed by atoms with Crippen LogP contribution in [0.5, 0.6) is 11.5 Å². The number of aliphatic hydroxyl groups excluding tert-OH is 1. The Kier molecular flexibility index (Phi) is 3.76. The highest BCUT2D eigenvalue weighted by Gasteiger charge is 2.05. The van der Waals surface area contributed by atoms with Crippen molar-refractivity contribution < 1.29 is 9.84 Å². The van der Waals surface area contributed by atoms with Gasteiger partial charge in [0.2, 0.25) is 0 Å². The number of hydrogen-bond donors (Lipinski definition) is 1. The molecule has 0 amide bonds. The fourth-order valence-corrected chi connectivity index (χ4v) is 1.85. The van der Waals surface area contributed by atoms with Gasteiger partial charge < -0.3 is 9.84 Å². The van der Waals surface area contributed by atoms with Crippen molar-refractivity contribution in [1.29, 1.82) is 0 Å². The molecule has 1 aromatic carbocycles. The van der Waals surface area contributed by atoms with Crippen molar-refractivity contribution in [2.45, 2.75) is 13.5 Å². The number of halogens is 1. The van der Waals surface area contributed by atoms with E-state index in [-0.39, 0.29) is 6.61 Å². The summed E-state index contributed by atoms with van der Waals surface area (Å²) in [5.41, 5.74) is 1.86. The zero-order valence-electron chi connectivity index (χ0n) is 9.35. The van der Waals surface area contributed by atoms with Gasteiger partial charge in [0.25, 0.3) is 0 Å². The molecule has 0 aliphatic rings. The topological polar surface area (TPSA) is 42.4 Å². The third-order valence-electron chi connectivity index (χ3n) is 2.29. The second-order valence-electron chi connectivity index (χ2n) is 3.71. The molecule has 17 heavy (non-hydrogen) atoms. The third kappa shape index (κ3) is 3.05. The van der Waals surface area contributed by atoms with Crippen LogP contribution in [-0.2, 0) is 6.61 Å². The minimum atomic E-state index is -0.0432. The number of aliphatic hydroxyl groups is 1. The fourth-order valence-electron chi connectivity index (χ4n) is 1.51. The summed E-state index contributed by atoms with van der Waals surface area (Å²) in [5, 5.41) is 9.27. The molecule has 2 rings (SSSR count).